The van der Waals surface area contributed by atoms with Crippen LogP contribution < -0.4 is 10.9 Å². The zero-order valence-corrected chi connectivity index (χ0v) is 24.0. The number of para-hydroxylation sites is 1. The van der Waals surface area contributed by atoms with Crippen LogP contribution in [0.15, 0.2) is 53.3 Å². The normalized spacial score (nSPS) is 11.8. The first-order chi connectivity index (χ1) is 18.3. The lowest BCUT2D eigenvalue weighted by atomic mass is 10.0. The SMILES string of the molecule is CC(C)(C)OC(=O)CCCCc1cccc2nc(CCCNC(=O)OC(C)(C)C)n(-c3ccccc3)c(=O)c12. The van der Waals surface area contributed by atoms with Crippen molar-refractivity contribution in [3.05, 3.63) is 70.3 Å². The Hall–Kier alpha value is -3.68. The summed E-state index contributed by atoms with van der Waals surface area (Å²) in [4.78, 5) is 42.9. The third kappa shape index (κ3) is 9.23. The summed E-state index contributed by atoms with van der Waals surface area (Å²) in [6.45, 7) is 11.4. The van der Waals surface area contributed by atoms with Gasteiger partial charge < -0.3 is 14.8 Å². The summed E-state index contributed by atoms with van der Waals surface area (Å²) in [7, 11) is 0. The van der Waals surface area contributed by atoms with Crippen molar-refractivity contribution in [3.63, 3.8) is 0 Å². The molecule has 0 saturated carbocycles. The molecule has 3 aromatic rings. The predicted octanol–water partition coefficient (Wildman–Crippen LogP) is 5.90. The van der Waals surface area contributed by atoms with Gasteiger partial charge in [-0.15, -0.1) is 0 Å². The molecule has 8 heteroatoms. The lowest BCUT2D eigenvalue weighted by molar-refractivity contribution is -0.154. The van der Waals surface area contributed by atoms with Gasteiger partial charge in [-0.2, -0.15) is 0 Å². The van der Waals surface area contributed by atoms with Crippen LogP contribution in [0.3, 0.4) is 0 Å². The van der Waals surface area contributed by atoms with Crippen molar-refractivity contribution in [1.29, 1.82) is 0 Å². The van der Waals surface area contributed by atoms with E-state index in [4.69, 9.17) is 14.5 Å². The van der Waals surface area contributed by atoms with E-state index in [2.05, 4.69) is 5.32 Å². The third-order valence-corrected chi connectivity index (χ3v) is 5.81. The minimum Gasteiger partial charge on any atom is -0.460 e. The van der Waals surface area contributed by atoms with E-state index in [1.54, 1.807) is 4.57 Å². The Kier molecular flexibility index (Phi) is 9.89. The summed E-state index contributed by atoms with van der Waals surface area (Å²) < 4.78 is 12.4. The van der Waals surface area contributed by atoms with E-state index in [1.807, 2.05) is 90.1 Å². The maximum atomic E-state index is 13.9. The number of aromatic nitrogens is 2. The summed E-state index contributed by atoms with van der Waals surface area (Å²) in [6, 6.07) is 15.2. The standard InChI is InChI=1S/C31H41N3O5/c1-30(2,3)38-26(35)20-11-10-14-22-15-12-18-24-27(22)28(36)34(23-16-8-7-9-17-23)25(33-24)19-13-21-32-29(37)39-31(4,5)6/h7-9,12,15-18H,10-11,13-14,19-21H2,1-6H3,(H,32,37). The summed E-state index contributed by atoms with van der Waals surface area (Å²) in [5.41, 5.74) is 1.12. The van der Waals surface area contributed by atoms with E-state index in [9.17, 15) is 14.4 Å². The molecule has 0 saturated heterocycles. The molecule has 0 fully saturated rings. The first kappa shape index (κ1) is 29.9. The quantitative estimate of drug-likeness (QED) is 0.256. The van der Waals surface area contributed by atoms with Gasteiger partial charge >= 0.3 is 12.1 Å². The van der Waals surface area contributed by atoms with Gasteiger partial charge in [-0.05, 0) is 91.0 Å². The molecule has 0 spiro atoms. The van der Waals surface area contributed by atoms with Crippen LogP contribution in [0.4, 0.5) is 4.79 Å². The highest BCUT2D eigenvalue weighted by Gasteiger charge is 2.18. The number of alkyl carbamates (subject to hydrolysis) is 1. The fraction of sp³-hybridized carbons (Fsp3) is 0.484. The molecule has 8 nitrogen and oxygen atoms in total. The molecule has 2 aromatic carbocycles. The largest absolute Gasteiger partial charge is 0.460 e. The Morgan fingerprint density at radius 3 is 2.21 bits per heavy atom. The number of ether oxygens (including phenoxy) is 2. The van der Waals surface area contributed by atoms with Crippen molar-refractivity contribution in [2.75, 3.05) is 6.54 Å². The number of fused-ring (bicyclic) bond motifs is 1. The molecule has 0 aliphatic carbocycles. The first-order valence-corrected chi connectivity index (χ1v) is 13.6. The van der Waals surface area contributed by atoms with Crippen LogP contribution >= 0.6 is 0 Å². The number of carbonyl (C=O) groups is 2. The van der Waals surface area contributed by atoms with Crippen LogP contribution in [-0.2, 0) is 27.1 Å². The fourth-order valence-corrected chi connectivity index (χ4v) is 4.29. The molecule has 1 amide bonds. The highest BCUT2D eigenvalue weighted by molar-refractivity contribution is 5.82. The Balaban J connectivity index is 1.80. The van der Waals surface area contributed by atoms with Crippen molar-refractivity contribution in [3.8, 4) is 5.69 Å². The van der Waals surface area contributed by atoms with E-state index in [0.29, 0.717) is 55.4 Å². The van der Waals surface area contributed by atoms with Gasteiger partial charge in [0.25, 0.3) is 5.56 Å². The number of amides is 1. The average Bonchev–Trinajstić information content (AvgIpc) is 2.83. The van der Waals surface area contributed by atoms with Gasteiger partial charge in [0.2, 0.25) is 0 Å². The minimum absolute atomic E-state index is 0.121. The van der Waals surface area contributed by atoms with Crippen LogP contribution in [-0.4, -0.2) is 39.4 Å². The highest BCUT2D eigenvalue weighted by Crippen LogP contribution is 2.20. The third-order valence-electron chi connectivity index (χ3n) is 5.81. The zero-order valence-electron chi connectivity index (χ0n) is 24.0. The van der Waals surface area contributed by atoms with Crippen LogP contribution in [0.5, 0.6) is 0 Å². The molecular formula is C31H41N3O5. The van der Waals surface area contributed by atoms with Crippen LogP contribution in [0.1, 0.15) is 78.6 Å². The smallest absolute Gasteiger partial charge is 0.407 e. The van der Waals surface area contributed by atoms with Gasteiger partial charge in [0.1, 0.15) is 17.0 Å². The summed E-state index contributed by atoms with van der Waals surface area (Å²) in [6.07, 6.45) is 3.05. The maximum absolute atomic E-state index is 13.9. The second-order valence-corrected chi connectivity index (χ2v) is 11.6. The summed E-state index contributed by atoms with van der Waals surface area (Å²) in [5, 5.41) is 3.36. The van der Waals surface area contributed by atoms with E-state index in [1.165, 1.54) is 0 Å². The molecule has 1 heterocycles. The zero-order chi connectivity index (χ0) is 28.6. The Bertz CT molecular complexity index is 1330. The molecule has 3 rings (SSSR count). The first-order valence-electron chi connectivity index (χ1n) is 13.6. The fourth-order valence-electron chi connectivity index (χ4n) is 4.29. The Morgan fingerprint density at radius 1 is 0.846 bits per heavy atom. The summed E-state index contributed by atoms with van der Waals surface area (Å²) >= 11 is 0. The predicted molar refractivity (Wildman–Crippen MR) is 153 cm³/mol. The number of nitrogens with one attached hydrogen (secondary N) is 1. The number of benzene rings is 2. The maximum Gasteiger partial charge on any atom is 0.407 e. The molecular weight excluding hydrogens is 494 g/mol. The van der Waals surface area contributed by atoms with Crippen molar-refractivity contribution < 1.29 is 19.1 Å². The Labute approximate surface area is 230 Å². The number of esters is 1. The van der Waals surface area contributed by atoms with E-state index in [0.717, 1.165) is 17.7 Å². The second kappa shape index (κ2) is 12.9. The lowest BCUT2D eigenvalue weighted by Gasteiger charge is -2.20. The number of hydrogen-bond acceptors (Lipinski definition) is 6. The number of hydrogen-bond donors (Lipinski definition) is 1. The van der Waals surface area contributed by atoms with Gasteiger partial charge in [-0.25, -0.2) is 9.78 Å². The molecule has 0 unspecified atom stereocenters. The number of aryl methyl sites for hydroxylation is 2. The van der Waals surface area contributed by atoms with Gasteiger partial charge in [0, 0.05) is 19.4 Å². The molecule has 0 radical (unpaired) electrons. The molecule has 0 bridgehead atoms. The Morgan fingerprint density at radius 2 is 1.54 bits per heavy atom. The van der Waals surface area contributed by atoms with Crippen molar-refractivity contribution in [2.45, 2.75) is 91.3 Å². The number of rotatable bonds is 10. The van der Waals surface area contributed by atoms with Crippen LogP contribution in [0.25, 0.3) is 16.6 Å². The molecule has 0 aliphatic rings. The number of carbonyl (C=O) groups excluding carboxylic acids is 2. The van der Waals surface area contributed by atoms with Crippen LogP contribution in [0, 0.1) is 0 Å². The minimum atomic E-state index is -0.564. The van der Waals surface area contributed by atoms with Gasteiger partial charge in [-0.1, -0.05) is 30.3 Å². The van der Waals surface area contributed by atoms with Crippen molar-refractivity contribution in [2.24, 2.45) is 0 Å². The molecule has 39 heavy (non-hydrogen) atoms. The number of unbranched alkanes of at least 4 members (excludes halogenated alkanes) is 1. The number of nitrogens with zero attached hydrogens (tertiary/aromatic N) is 2. The van der Waals surface area contributed by atoms with E-state index >= 15 is 0 Å². The van der Waals surface area contributed by atoms with Crippen LogP contribution in [0.2, 0.25) is 0 Å². The molecule has 1 aromatic heterocycles. The second-order valence-electron chi connectivity index (χ2n) is 11.6. The van der Waals surface area contributed by atoms with Crippen molar-refractivity contribution in [1.82, 2.24) is 14.9 Å². The molecule has 0 aliphatic heterocycles. The van der Waals surface area contributed by atoms with Gasteiger partial charge in [0.15, 0.2) is 0 Å². The van der Waals surface area contributed by atoms with Gasteiger partial charge in [-0.3, -0.25) is 14.2 Å². The lowest BCUT2D eigenvalue weighted by Crippen LogP contribution is -2.33. The van der Waals surface area contributed by atoms with Gasteiger partial charge in [0.05, 0.1) is 16.6 Å². The van der Waals surface area contributed by atoms with Crippen molar-refractivity contribution >= 4 is 23.0 Å². The summed E-state index contributed by atoms with van der Waals surface area (Å²) in [5.74, 6) is 0.422. The average molecular weight is 536 g/mol. The molecule has 210 valence electrons. The topological polar surface area (TPSA) is 99.5 Å². The highest BCUT2D eigenvalue weighted by atomic mass is 16.6. The molecule has 0 atom stereocenters. The monoisotopic (exact) mass is 535 g/mol. The van der Waals surface area contributed by atoms with E-state index in [-0.39, 0.29) is 11.5 Å². The van der Waals surface area contributed by atoms with E-state index < -0.39 is 17.3 Å². The molecule has 1 N–H and O–H groups in total.